The van der Waals surface area contributed by atoms with E-state index in [2.05, 4.69) is 30.5 Å². The molecule has 136 valence electrons. The standard InChI is InChI=1S/C17H25N5O2S/c1-17(2,3)24-16(23)18-5-6-21-7-9-22(10-8-21)15-14-13(4-11-25-14)19-12-20-15/h4,11-12H,5-10H2,1-3H3,(H,18,23). The third kappa shape index (κ3) is 4.79. The van der Waals surface area contributed by atoms with Gasteiger partial charge < -0.3 is 15.0 Å². The Bertz CT molecular complexity index is 719. The number of carbonyl (C=O) groups excluding carboxylic acids is 1. The summed E-state index contributed by atoms with van der Waals surface area (Å²) < 4.78 is 6.40. The molecule has 1 aliphatic heterocycles. The number of amides is 1. The second-order valence-electron chi connectivity index (χ2n) is 7.09. The molecule has 2 aromatic heterocycles. The Balaban J connectivity index is 1.45. The van der Waals surface area contributed by atoms with Crippen molar-refractivity contribution < 1.29 is 9.53 Å². The third-order valence-corrected chi connectivity index (χ3v) is 4.89. The van der Waals surface area contributed by atoms with Gasteiger partial charge in [0.15, 0.2) is 0 Å². The van der Waals surface area contributed by atoms with E-state index in [0.717, 1.165) is 48.8 Å². The first kappa shape index (κ1) is 17.9. The number of alkyl carbamates (subject to hydrolysis) is 1. The molecule has 1 aliphatic rings. The van der Waals surface area contributed by atoms with E-state index < -0.39 is 5.60 Å². The van der Waals surface area contributed by atoms with E-state index in [0.29, 0.717) is 6.54 Å². The number of hydrogen-bond donors (Lipinski definition) is 1. The molecule has 3 heterocycles. The number of fused-ring (bicyclic) bond motifs is 1. The van der Waals surface area contributed by atoms with Gasteiger partial charge in [-0.2, -0.15) is 0 Å². The highest BCUT2D eigenvalue weighted by molar-refractivity contribution is 7.17. The van der Waals surface area contributed by atoms with Crippen LogP contribution in [0.2, 0.25) is 0 Å². The van der Waals surface area contributed by atoms with Crippen LogP contribution < -0.4 is 10.2 Å². The highest BCUT2D eigenvalue weighted by atomic mass is 32.1. The lowest BCUT2D eigenvalue weighted by molar-refractivity contribution is 0.0521. The van der Waals surface area contributed by atoms with E-state index in [1.165, 1.54) is 0 Å². The maximum absolute atomic E-state index is 11.7. The van der Waals surface area contributed by atoms with Gasteiger partial charge in [0.05, 0.1) is 10.2 Å². The van der Waals surface area contributed by atoms with E-state index in [-0.39, 0.29) is 6.09 Å². The monoisotopic (exact) mass is 363 g/mol. The zero-order valence-corrected chi connectivity index (χ0v) is 15.8. The molecule has 7 nitrogen and oxygen atoms in total. The average molecular weight is 363 g/mol. The Hall–Kier alpha value is -1.93. The molecular formula is C17H25N5O2S. The first-order chi connectivity index (χ1) is 11.9. The molecule has 0 spiro atoms. The average Bonchev–Trinajstić information content (AvgIpc) is 3.02. The zero-order valence-electron chi connectivity index (χ0n) is 15.0. The van der Waals surface area contributed by atoms with Crippen molar-refractivity contribution in [1.29, 1.82) is 0 Å². The SMILES string of the molecule is CC(C)(C)OC(=O)NCCN1CCN(c2ncnc3ccsc23)CC1. The third-order valence-electron chi connectivity index (χ3n) is 3.99. The molecule has 8 heteroatoms. The van der Waals surface area contributed by atoms with Gasteiger partial charge in [-0.1, -0.05) is 0 Å². The van der Waals surface area contributed by atoms with Gasteiger partial charge in [-0.3, -0.25) is 4.90 Å². The van der Waals surface area contributed by atoms with Crippen LogP contribution in [-0.2, 0) is 4.74 Å². The number of rotatable bonds is 4. The Labute approximate surface area is 152 Å². The van der Waals surface area contributed by atoms with Gasteiger partial charge in [0.2, 0.25) is 0 Å². The van der Waals surface area contributed by atoms with E-state index in [1.54, 1.807) is 17.7 Å². The van der Waals surface area contributed by atoms with E-state index in [1.807, 2.05) is 26.8 Å². The van der Waals surface area contributed by atoms with Crippen molar-refractivity contribution in [2.75, 3.05) is 44.2 Å². The lowest BCUT2D eigenvalue weighted by Crippen LogP contribution is -2.49. The van der Waals surface area contributed by atoms with Gasteiger partial charge in [0, 0.05) is 39.3 Å². The van der Waals surface area contributed by atoms with Crippen LogP contribution >= 0.6 is 11.3 Å². The molecule has 2 aromatic rings. The van der Waals surface area contributed by atoms with Gasteiger partial charge in [-0.05, 0) is 32.2 Å². The van der Waals surface area contributed by atoms with Crippen molar-refractivity contribution in [3.05, 3.63) is 17.8 Å². The van der Waals surface area contributed by atoms with Gasteiger partial charge in [-0.25, -0.2) is 14.8 Å². The molecular weight excluding hydrogens is 338 g/mol. The van der Waals surface area contributed by atoms with Crippen molar-refractivity contribution in [1.82, 2.24) is 20.2 Å². The smallest absolute Gasteiger partial charge is 0.407 e. The summed E-state index contributed by atoms with van der Waals surface area (Å²) >= 11 is 1.69. The number of hydrogen-bond acceptors (Lipinski definition) is 7. The largest absolute Gasteiger partial charge is 0.444 e. The van der Waals surface area contributed by atoms with Crippen molar-refractivity contribution in [3.8, 4) is 0 Å². The van der Waals surface area contributed by atoms with Gasteiger partial charge in [0.25, 0.3) is 0 Å². The molecule has 0 aliphatic carbocycles. The zero-order chi connectivity index (χ0) is 17.9. The maximum Gasteiger partial charge on any atom is 0.407 e. The molecule has 25 heavy (non-hydrogen) atoms. The second kappa shape index (κ2) is 7.53. The van der Waals surface area contributed by atoms with Crippen LogP contribution in [0.3, 0.4) is 0 Å². The fourth-order valence-electron chi connectivity index (χ4n) is 2.81. The van der Waals surface area contributed by atoms with Crippen molar-refractivity contribution in [2.45, 2.75) is 26.4 Å². The van der Waals surface area contributed by atoms with Gasteiger partial charge in [0.1, 0.15) is 17.7 Å². The van der Waals surface area contributed by atoms with Crippen LogP contribution in [0.4, 0.5) is 10.6 Å². The number of nitrogens with one attached hydrogen (secondary N) is 1. The molecule has 0 bridgehead atoms. The minimum absolute atomic E-state index is 0.354. The maximum atomic E-state index is 11.7. The van der Waals surface area contributed by atoms with Crippen LogP contribution in [0.5, 0.6) is 0 Å². The van der Waals surface area contributed by atoms with Crippen LogP contribution in [0.1, 0.15) is 20.8 Å². The van der Waals surface area contributed by atoms with E-state index >= 15 is 0 Å². The van der Waals surface area contributed by atoms with Crippen LogP contribution in [0, 0.1) is 0 Å². The first-order valence-electron chi connectivity index (χ1n) is 8.55. The predicted octanol–water partition coefficient (Wildman–Crippen LogP) is 2.34. The summed E-state index contributed by atoms with van der Waals surface area (Å²) in [6.07, 6.45) is 1.29. The van der Waals surface area contributed by atoms with E-state index in [4.69, 9.17) is 4.74 Å². The molecule has 0 unspecified atom stereocenters. The summed E-state index contributed by atoms with van der Waals surface area (Å²) in [5, 5.41) is 4.87. The molecule has 0 atom stereocenters. The summed E-state index contributed by atoms with van der Waals surface area (Å²) in [4.78, 5) is 25.1. The van der Waals surface area contributed by atoms with Crippen molar-refractivity contribution >= 4 is 33.5 Å². The Morgan fingerprint density at radius 3 is 2.76 bits per heavy atom. The highest BCUT2D eigenvalue weighted by Crippen LogP contribution is 2.28. The molecule has 1 amide bonds. The Morgan fingerprint density at radius 1 is 1.28 bits per heavy atom. The van der Waals surface area contributed by atoms with Crippen LogP contribution in [0.15, 0.2) is 17.8 Å². The number of piperazine rings is 1. The number of thiophene rings is 1. The topological polar surface area (TPSA) is 70.6 Å². The van der Waals surface area contributed by atoms with E-state index in [9.17, 15) is 4.79 Å². The van der Waals surface area contributed by atoms with Gasteiger partial charge in [-0.15, -0.1) is 11.3 Å². The fraction of sp³-hybridized carbons (Fsp3) is 0.588. The number of ether oxygens (including phenoxy) is 1. The summed E-state index contributed by atoms with van der Waals surface area (Å²) in [6, 6.07) is 2.03. The minimum atomic E-state index is -0.458. The normalized spacial score (nSPS) is 16.2. The molecule has 1 N–H and O–H groups in total. The quantitative estimate of drug-likeness (QED) is 0.899. The van der Waals surface area contributed by atoms with Crippen LogP contribution in [0.25, 0.3) is 10.2 Å². The van der Waals surface area contributed by atoms with Crippen LogP contribution in [-0.4, -0.2) is 65.8 Å². The Morgan fingerprint density at radius 2 is 2.04 bits per heavy atom. The number of anilines is 1. The summed E-state index contributed by atoms with van der Waals surface area (Å²) in [5.41, 5.74) is 0.555. The lowest BCUT2D eigenvalue weighted by Gasteiger charge is -2.35. The molecule has 0 aromatic carbocycles. The fourth-order valence-corrected chi connectivity index (χ4v) is 3.68. The Kier molecular flexibility index (Phi) is 5.39. The summed E-state index contributed by atoms with van der Waals surface area (Å²) in [7, 11) is 0. The summed E-state index contributed by atoms with van der Waals surface area (Å²) in [6.45, 7) is 10.8. The summed E-state index contributed by atoms with van der Waals surface area (Å²) in [5.74, 6) is 1.03. The number of nitrogens with zero attached hydrogens (tertiary/aromatic N) is 4. The highest BCUT2D eigenvalue weighted by Gasteiger charge is 2.21. The molecule has 1 fully saturated rings. The molecule has 3 rings (SSSR count). The second-order valence-corrected chi connectivity index (χ2v) is 8.01. The predicted molar refractivity (Wildman–Crippen MR) is 100 cm³/mol. The lowest BCUT2D eigenvalue weighted by atomic mass is 10.2. The van der Waals surface area contributed by atoms with Gasteiger partial charge >= 0.3 is 6.09 Å². The molecule has 1 saturated heterocycles. The molecule has 0 saturated carbocycles. The van der Waals surface area contributed by atoms with Crippen molar-refractivity contribution in [3.63, 3.8) is 0 Å². The minimum Gasteiger partial charge on any atom is -0.444 e. The van der Waals surface area contributed by atoms with Crippen molar-refractivity contribution in [2.24, 2.45) is 0 Å². The molecule has 0 radical (unpaired) electrons. The first-order valence-corrected chi connectivity index (χ1v) is 9.43. The number of aromatic nitrogens is 2. The number of carbonyl (C=O) groups is 1.